The number of hydrogen-bond donors (Lipinski definition) is 0. The lowest BCUT2D eigenvalue weighted by Crippen LogP contribution is -2.42. The summed E-state index contributed by atoms with van der Waals surface area (Å²) >= 11 is 0. The quantitative estimate of drug-likeness (QED) is 0.735. The molecule has 1 amide bonds. The number of hydrogen-bond acceptors (Lipinski definition) is 6. The van der Waals surface area contributed by atoms with Gasteiger partial charge in [0, 0.05) is 44.1 Å². The average Bonchev–Trinajstić information content (AvgIpc) is 2.67. The Kier molecular flexibility index (Phi) is 6.28. The molecule has 0 bridgehead atoms. The normalized spacial score (nSPS) is 15.4. The van der Waals surface area contributed by atoms with Crippen molar-refractivity contribution in [1.29, 1.82) is 0 Å². The Hall–Kier alpha value is -2.48. The van der Waals surface area contributed by atoms with Crippen LogP contribution in [-0.2, 0) is 14.6 Å². The highest BCUT2D eigenvalue weighted by Crippen LogP contribution is 2.19. The summed E-state index contributed by atoms with van der Waals surface area (Å²) in [5, 5.41) is 0. The van der Waals surface area contributed by atoms with Crippen molar-refractivity contribution in [3.05, 3.63) is 47.9 Å². The van der Waals surface area contributed by atoms with E-state index in [0.717, 1.165) is 5.69 Å². The second-order valence-corrected chi connectivity index (χ2v) is 9.08. The van der Waals surface area contributed by atoms with Crippen LogP contribution in [0.15, 0.2) is 41.3 Å². The fourth-order valence-corrected chi connectivity index (χ4v) is 4.51. The zero-order valence-corrected chi connectivity index (χ0v) is 17.0. The van der Waals surface area contributed by atoms with Gasteiger partial charge in [-0.3, -0.25) is 4.79 Å². The molecule has 7 nitrogen and oxygen atoms in total. The summed E-state index contributed by atoms with van der Waals surface area (Å²) < 4.78 is 30.6. The molecule has 2 heterocycles. The van der Waals surface area contributed by atoms with E-state index >= 15 is 0 Å². The van der Waals surface area contributed by atoms with Crippen molar-refractivity contribution < 1.29 is 17.9 Å². The van der Waals surface area contributed by atoms with E-state index in [1.165, 1.54) is 0 Å². The second-order valence-electron chi connectivity index (χ2n) is 6.97. The summed E-state index contributed by atoms with van der Waals surface area (Å²) in [5.41, 5.74) is 0.856. The summed E-state index contributed by atoms with van der Waals surface area (Å²) in [6.07, 6.45) is 1.37. The number of benzene rings is 1. The van der Waals surface area contributed by atoms with Gasteiger partial charge in [0.2, 0.25) is 11.8 Å². The number of nitrogens with zero attached hydrogens (tertiary/aromatic N) is 3. The number of amides is 1. The molecule has 1 saturated heterocycles. The molecule has 0 N–H and O–H groups in total. The van der Waals surface area contributed by atoms with Gasteiger partial charge >= 0.3 is 0 Å². The molecule has 0 spiro atoms. The molecule has 0 atom stereocenters. The van der Waals surface area contributed by atoms with E-state index in [1.54, 1.807) is 41.3 Å². The molecular formula is C20H25N3O4S. The molecule has 1 aromatic carbocycles. The topological polar surface area (TPSA) is 89.5 Å². The zero-order chi connectivity index (χ0) is 20.1. The fraction of sp³-hybridized carbons (Fsp3) is 0.450. The first-order valence-corrected chi connectivity index (χ1v) is 11.0. The van der Waals surface area contributed by atoms with Gasteiger partial charge in [0.25, 0.3) is 0 Å². The number of carbonyl (C=O) groups excluding carboxylic acids is 1. The molecule has 0 radical (unpaired) electrons. The van der Waals surface area contributed by atoms with Crippen LogP contribution < -0.4 is 4.74 Å². The van der Waals surface area contributed by atoms with Crippen LogP contribution in [0.3, 0.4) is 0 Å². The smallest absolute Gasteiger partial charge is 0.223 e. The van der Waals surface area contributed by atoms with E-state index in [4.69, 9.17) is 4.74 Å². The average molecular weight is 404 g/mol. The van der Waals surface area contributed by atoms with Crippen LogP contribution in [0.25, 0.3) is 0 Å². The molecule has 28 heavy (non-hydrogen) atoms. The number of piperidine rings is 1. The van der Waals surface area contributed by atoms with Crippen LogP contribution in [0.4, 0.5) is 0 Å². The van der Waals surface area contributed by atoms with Crippen LogP contribution in [-0.4, -0.2) is 54.1 Å². The predicted octanol–water partition coefficient (Wildman–Crippen LogP) is 2.33. The van der Waals surface area contributed by atoms with Crippen molar-refractivity contribution in [3.63, 3.8) is 0 Å². The molecule has 1 aliphatic heterocycles. The number of aromatic nitrogens is 2. The Morgan fingerprint density at radius 3 is 2.46 bits per heavy atom. The van der Waals surface area contributed by atoms with E-state index in [9.17, 15) is 13.2 Å². The van der Waals surface area contributed by atoms with Gasteiger partial charge < -0.3 is 9.64 Å². The third-order valence-electron chi connectivity index (χ3n) is 4.71. The van der Waals surface area contributed by atoms with E-state index < -0.39 is 9.84 Å². The minimum Gasteiger partial charge on any atom is -0.474 e. The Morgan fingerprint density at radius 2 is 1.82 bits per heavy atom. The Morgan fingerprint density at radius 1 is 1.14 bits per heavy atom. The van der Waals surface area contributed by atoms with E-state index in [-0.39, 0.29) is 29.1 Å². The van der Waals surface area contributed by atoms with Crippen LogP contribution in [0, 0.1) is 13.8 Å². The SMILES string of the molecule is Cc1cc(OC2CCN(C(=O)CCS(=O)(=O)c3ccccc3)CC2)nc(C)n1. The molecule has 1 aliphatic rings. The molecule has 0 aliphatic carbocycles. The first-order valence-electron chi connectivity index (χ1n) is 9.38. The number of sulfone groups is 1. The van der Waals surface area contributed by atoms with Gasteiger partial charge in [-0.1, -0.05) is 18.2 Å². The number of rotatable bonds is 6. The standard InChI is InChI=1S/C20H25N3O4S/c1-15-14-19(22-16(2)21-15)27-17-8-11-23(12-9-17)20(24)10-13-28(25,26)18-6-4-3-5-7-18/h3-7,14,17H,8-13H2,1-2H3. The van der Waals surface area contributed by atoms with E-state index in [0.29, 0.717) is 37.6 Å². The lowest BCUT2D eigenvalue weighted by molar-refractivity contribution is -0.132. The van der Waals surface area contributed by atoms with Gasteiger partial charge in [0.1, 0.15) is 11.9 Å². The monoisotopic (exact) mass is 403 g/mol. The lowest BCUT2D eigenvalue weighted by atomic mass is 10.1. The minimum absolute atomic E-state index is 0.00689. The largest absolute Gasteiger partial charge is 0.474 e. The zero-order valence-electron chi connectivity index (χ0n) is 16.2. The Balaban J connectivity index is 1.48. The highest BCUT2D eigenvalue weighted by atomic mass is 32.2. The fourth-order valence-electron chi connectivity index (χ4n) is 3.26. The van der Waals surface area contributed by atoms with E-state index in [2.05, 4.69) is 9.97 Å². The third-order valence-corrected chi connectivity index (χ3v) is 6.44. The number of carbonyl (C=O) groups is 1. The maximum Gasteiger partial charge on any atom is 0.223 e. The van der Waals surface area contributed by atoms with Crippen LogP contribution in [0.2, 0.25) is 0 Å². The Bertz CT molecular complexity index is 903. The van der Waals surface area contributed by atoms with Gasteiger partial charge in [0.05, 0.1) is 10.6 Å². The highest BCUT2D eigenvalue weighted by Gasteiger charge is 2.25. The van der Waals surface area contributed by atoms with Gasteiger partial charge in [-0.2, -0.15) is 4.98 Å². The first kappa shape index (κ1) is 20.3. The van der Waals surface area contributed by atoms with Crippen LogP contribution in [0.5, 0.6) is 5.88 Å². The third kappa shape index (κ3) is 5.28. The maximum absolute atomic E-state index is 12.4. The molecule has 150 valence electrons. The molecule has 3 rings (SSSR count). The second kappa shape index (κ2) is 8.68. The molecule has 2 aromatic rings. The molecule has 0 saturated carbocycles. The van der Waals surface area contributed by atoms with Crippen LogP contribution >= 0.6 is 0 Å². The number of ether oxygens (including phenoxy) is 1. The van der Waals surface area contributed by atoms with Gasteiger partial charge in [-0.15, -0.1) is 0 Å². The minimum atomic E-state index is -3.44. The van der Waals surface area contributed by atoms with Crippen LogP contribution in [0.1, 0.15) is 30.8 Å². The van der Waals surface area contributed by atoms with Crippen molar-refractivity contribution in [2.24, 2.45) is 0 Å². The first-order chi connectivity index (χ1) is 13.3. The molecular weight excluding hydrogens is 378 g/mol. The summed E-state index contributed by atoms with van der Waals surface area (Å²) in [7, 11) is -3.44. The molecule has 8 heteroatoms. The summed E-state index contributed by atoms with van der Waals surface area (Å²) in [6, 6.07) is 10.0. The van der Waals surface area contributed by atoms with E-state index in [1.807, 2.05) is 13.8 Å². The predicted molar refractivity (Wildman–Crippen MR) is 105 cm³/mol. The van der Waals surface area contributed by atoms with Gasteiger partial charge in [-0.05, 0) is 26.0 Å². The van der Waals surface area contributed by atoms with Gasteiger partial charge in [-0.25, -0.2) is 13.4 Å². The van der Waals surface area contributed by atoms with Crippen molar-refractivity contribution in [3.8, 4) is 5.88 Å². The number of aryl methyl sites for hydroxylation is 2. The molecule has 1 aromatic heterocycles. The number of likely N-dealkylation sites (tertiary alicyclic amines) is 1. The summed E-state index contributed by atoms with van der Waals surface area (Å²) in [6.45, 7) is 4.83. The molecule has 1 fully saturated rings. The molecule has 0 unspecified atom stereocenters. The van der Waals surface area contributed by atoms with Gasteiger partial charge in [0.15, 0.2) is 9.84 Å². The summed E-state index contributed by atoms with van der Waals surface area (Å²) in [4.78, 5) is 22.9. The summed E-state index contributed by atoms with van der Waals surface area (Å²) in [5.74, 6) is 0.920. The Labute approximate surface area is 165 Å². The van der Waals surface area contributed by atoms with Crippen molar-refractivity contribution in [2.75, 3.05) is 18.8 Å². The van der Waals surface area contributed by atoms with Crippen molar-refractivity contribution in [2.45, 2.75) is 44.1 Å². The van der Waals surface area contributed by atoms with Crippen molar-refractivity contribution in [1.82, 2.24) is 14.9 Å². The highest BCUT2D eigenvalue weighted by molar-refractivity contribution is 7.91. The lowest BCUT2D eigenvalue weighted by Gasteiger charge is -2.32. The van der Waals surface area contributed by atoms with Crippen molar-refractivity contribution >= 4 is 15.7 Å². The maximum atomic E-state index is 12.4.